The summed E-state index contributed by atoms with van der Waals surface area (Å²) in [5, 5.41) is 2.86. The standard InChI is InChI=1S/C23H27N3O5S/c1-3-31-22-9-5-4-8-19(22)24-23(28)21-15-17-14-18(10-11-20(17)26(21)16(2)27)32(29,30)25-12-6-7-13-25/h4-5,8-11,14,21H,3,6-7,12-13,15H2,1-2H3,(H,24,28). The van der Waals surface area contributed by atoms with Crippen LogP contribution in [0.1, 0.15) is 32.3 Å². The summed E-state index contributed by atoms with van der Waals surface area (Å²) in [7, 11) is -3.58. The summed E-state index contributed by atoms with van der Waals surface area (Å²) in [4.78, 5) is 27.2. The van der Waals surface area contributed by atoms with E-state index in [1.807, 2.05) is 13.0 Å². The first kappa shape index (κ1) is 22.3. The van der Waals surface area contributed by atoms with E-state index in [2.05, 4.69) is 5.32 Å². The zero-order valence-corrected chi connectivity index (χ0v) is 19.0. The molecule has 2 aliphatic rings. The highest BCUT2D eigenvalue weighted by Gasteiger charge is 2.38. The molecule has 0 saturated carbocycles. The van der Waals surface area contributed by atoms with Crippen LogP contribution in [0.3, 0.4) is 0 Å². The maximum Gasteiger partial charge on any atom is 0.248 e. The minimum Gasteiger partial charge on any atom is -0.492 e. The van der Waals surface area contributed by atoms with Gasteiger partial charge in [0.1, 0.15) is 11.8 Å². The monoisotopic (exact) mass is 457 g/mol. The van der Waals surface area contributed by atoms with Crippen LogP contribution < -0.4 is 15.0 Å². The van der Waals surface area contributed by atoms with E-state index < -0.39 is 16.1 Å². The van der Waals surface area contributed by atoms with Gasteiger partial charge in [-0.25, -0.2) is 8.42 Å². The van der Waals surface area contributed by atoms with Crippen molar-refractivity contribution in [2.45, 2.75) is 44.0 Å². The van der Waals surface area contributed by atoms with Crippen molar-refractivity contribution in [2.24, 2.45) is 0 Å². The molecule has 2 aromatic carbocycles. The van der Waals surface area contributed by atoms with E-state index in [0.717, 1.165) is 12.8 Å². The van der Waals surface area contributed by atoms with Crippen LogP contribution in [0.2, 0.25) is 0 Å². The predicted octanol–water partition coefficient (Wildman–Crippen LogP) is 2.79. The fourth-order valence-corrected chi connectivity index (χ4v) is 5.90. The van der Waals surface area contributed by atoms with Crippen molar-refractivity contribution < 1.29 is 22.7 Å². The minimum atomic E-state index is -3.58. The fraction of sp³-hybridized carbons (Fsp3) is 0.391. The number of fused-ring (bicyclic) bond motifs is 1. The molecule has 1 saturated heterocycles. The van der Waals surface area contributed by atoms with E-state index >= 15 is 0 Å². The maximum absolute atomic E-state index is 13.2. The predicted molar refractivity (Wildman–Crippen MR) is 121 cm³/mol. The van der Waals surface area contributed by atoms with Gasteiger partial charge in [0.2, 0.25) is 21.8 Å². The van der Waals surface area contributed by atoms with Gasteiger partial charge in [-0.2, -0.15) is 4.31 Å². The van der Waals surface area contributed by atoms with Gasteiger partial charge in [0.25, 0.3) is 0 Å². The van der Waals surface area contributed by atoms with Crippen LogP contribution in [0.15, 0.2) is 47.4 Å². The molecule has 2 amide bonds. The quantitative estimate of drug-likeness (QED) is 0.720. The Bertz CT molecular complexity index is 1140. The van der Waals surface area contributed by atoms with Crippen molar-refractivity contribution in [1.29, 1.82) is 0 Å². The summed E-state index contributed by atoms with van der Waals surface area (Å²) in [6, 6.07) is 11.1. The summed E-state index contributed by atoms with van der Waals surface area (Å²) >= 11 is 0. The number of rotatable bonds is 6. The van der Waals surface area contributed by atoms with Crippen LogP contribution in [0.25, 0.3) is 0 Å². The lowest BCUT2D eigenvalue weighted by Gasteiger charge is -2.24. The first-order valence-corrected chi connectivity index (χ1v) is 12.2. The second-order valence-electron chi connectivity index (χ2n) is 7.93. The number of ether oxygens (including phenoxy) is 1. The summed E-state index contributed by atoms with van der Waals surface area (Å²) in [5.74, 6) is -0.0862. The Labute approximate surface area is 188 Å². The summed E-state index contributed by atoms with van der Waals surface area (Å²) in [6.45, 7) is 4.75. The smallest absolute Gasteiger partial charge is 0.248 e. The molecule has 1 atom stereocenters. The zero-order valence-electron chi connectivity index (χ0n) is 18.2. The highest BCUT2D eigenvalue weighted by Crippen LogP contribution is 2.36. The summed E-state index contributed by atoms with van der Waals surface area (Å²) in [5.41, 5.74) is 1.76. The fourth-order valence-electron chi connectivity index (χ4n) is 4.33. The van der Waals surface area contributed by atoms with Gasteiger partial charge in [-0.05, 0) is 55.7 Å². The topological polar surface area (TPSA) is 96.0 Å². The molecule has 2 aromatic rings. The molecule has 2 heterocycles. The number of para-hydroxylation sites is 2. The van der Waals surface area contributed by atoms with Crippen molar-refractivity contribution in [1.82, 2.24) is 4.31 Å². The Kier molecular flexibility index (Phi) is 6.21. The molecule has 32 heavy (non-hydrogen) atoms. The third-order valence-electron chi connectivity index (χ3n) is 5.82. The van der Waals surface area contributed by atoms with Gasteiger partial charge in [0.05, 0.1) is 17.2 Å². The second kappa shape index (κ2) is 8.91. The summed E-state index contributed by atoms with van der Waals surface area (Å²) < 4.78 is 33.0. The van der Waals surface area contributed by atoms with Crippen molar-refractivity contribution >= 4 is 33.2 Å². The maximum atomic E-state index is 13.2. The Morgan fingerprint density at radius 1 is 1.12 bits per heavy atom. The molecule has 1 fully saturated rings. The normalized spacial score (nSPS) is 18.4. The van der Waals surface area contributed by atoms with Gasteiger partial charge in [0, 0.05) is 32.1 Å². The van der Waals surface area contributed by atoms with Gasteiger partial charge < -0.3 is 10.1 Å². The Morgan fingerprint density at radius 2 is 1.84 bits per heavy atom. The number of nitrogens with one attached hydrogen (secondary N) is 1. The lowest BCUT2D eigenvalue weighted by molar-refractivity contribution is -0.122. The van der Waals surface area contributed by atoms with Crippen LogP contribution in [0.5, 0.6) is 5.75 Å². The molecule has 8 nitrogen and oxygen atoms in total. The van der Waals surface area contributed by atoms with Gasteiger partial charge >= 0.3 is 0 Å². The van der Waals surface area contributed by atoms with Gasteiger partial charge in [-0.3, -0.25) is 14.5 Å². The van der Waals surface area contributed by atoms with Crippen LogP contribution in [-0.4, -0.2) is 50.3 Å². The van der Waals surface area contributed by atoms with Gasteiger partial charge in [-0.15, -0.1) is 0 Å². The molecule has 9 heteroatoms. The average Bonchev–Trinajstić information content (AvgIpc) is 3.43. The molecule has 4 rings (SSSR count). The molecule has 2 aliphatic heterocycles. The number of carbonyl (C=O) groups excluding carboxylic acids is 2. The van der Waals surface area contributed by atoms with E-state index in [9.17, 15) is 18.0 Å². The number of hydrogen-bond acceptors (Lipinski definition) is 5. The number of hydrogen-bond donors (Lipinski definition) is 1. The lowest BCUT2D eigenvalue weighted by Crippen LogP contribution is -2.44. The van der Waals surface area contributed by atoms with E-state index in [1.165, 1.54) is 22.2 Å². The number of carbonyl (C=O) groups is 2. The van der Waals surface area contributed by atoms with Crippen LogP contribution in [-0.2, 0) is 26.0 Å². The number of nitrogens with zero attached hydrogens (tertiary/aromatic N) is 2. The molecule has 0 aromatic heterocycles. The van der Waals surface area contributed by atoms with Crippen molar-refractivity contribution in [3.8, 4) is 5.75 Å². The molecule has 170 valence electrons. The molecular formula is C23H27N3O5S. The third kappa shape index (κ3) is 4.10. The van der Waals surface area contributed by atoms with Crippen molar-refractivity contribution in [3.05, 3.63) is 48.0 Å². The molecular weight excluding hydrogens is 430 g/mol. The molecule has 0 bridgehead atoms. The van der Waals surface area contributed by atoms with Crippen molar-refractivity contribution in [2.75, 3.05) is 29.9 Å². The largest absolute Gasteiger partial charge is 0.492 e. The molecule has 0 aliphatic carbocycles. The van der Waals surface area contributed by atoms with E-state index in [1.54, 1.807) is 30.3 Å². The second-order valence-corrected chi connectivity index (χ2v) is 9.87. The first-order chi connectivity index (χ1) is 15.3. The zero-order chi connectivity index (χ0) is 22.9. The van der Waals surface area contributed by atoms with E-state index in [-0.39, 0.29) is 23.1 Å². The Balaban J connectivity index is 1.61. The van der Waals surface area contributed by atoms with E-state index in [4.69, 9.17) is 4.74 Å². The first-order valence-electron chi connectivity index (χ1n) is 10.8. The number of amides is 2. The lowest BCUT2D eigenvalue weighted by atomic mass is 10.1. The van der Waals surface area contributed by atoms with Crippen molar-refractivity contribution in [3.63, 3.8) is 0 Å². The van der Waals surface area contributed by atoms with Crippen LogP contribution in [0.4, 0.5) is 11.4 Å². The Morgan fingerprint density at radius 3 is 2.53 bits per heavy atom. The van der Waals surface area contributed by atoms with E-state index in [0.29, 0.717) is 42.4 Å². The van der Waals surface area contributed by atoms with Gasteiger partial charge in [-0.1, -0.05) is 12.1 Å². The Hall–Kier alpha value is -2.91. The number of sulfonamides is 1. The molecule has 1 unspecified atom stereocenters. The third-order valence-corrected chi connectivity index (χ3v) is 7.72. The summed E-state index contributed by atoms with van der Waals surface area (Å²) in [6.07, 6.45) is 1.95. The highest BCUT2D eigenvalue weighted by molar-refractivity contribution is 7.89. The number of anilines is 2. The molecule has 0 spiro atoms. The number of benzene rings is 2. The SMILES string of the molecule is CCOc1ccccc1NC(=O)C1Cc2cc(S(=O)(=O)N3CCCC3)ccc2N1C(C)=O. The molecule has 0 radical (unpaired) electrons. The molecule has 1 N–H and O–H groups in total. The van der Waals surface area contributed by atoms with Crippen LogP contribution >= 0.6 is 0 Å². The van der Waals surface area contributed by atoms with Gasteiger partial charge in [0.15, 0.2) is 0 Å². The highest BCUT2D eigenvalue weighted by atomic mass is 32.2. The average molecular weight is 458 g/mol. The minimum absolute atomic E-state index is 0.199. The van der Waals surface area contributed by atoms with Crippen LogP contribution in [0, 0.1) is 0 Å².